The van der Waals surface area contributed by atoms with Gasteiger partial charge in [-0.25, -0.2) is 16.8 Å². The average Bonchev–Trinajstić information content (AvgIpc) is 2.93. The van der Waals surface area contributed by atoms with Gasteiger partial charge in [0.1, 0.15) is 0 Å². The maximum absolute atomic E-state index is 13.1. The van der Waals surface area contributed by atoms with Crippen molar-refractivity contribution in [3.8, 4) is 0 Å². The Morgan fingerprint density at radius 2 is 1.58 bits per heavy atom. The van der Waals surface area contributed by atoms with Gasteiger partial charge in [0.25, 0.3) is 0 Å². The van der Waals surface area contributed by atoms with Gasteiger partial charge in [-0.3, -0.25) is 4.90 Å². The minimum Gasteiger partial charge on any atom is -0.294 e. The largest absolute Gasteiger partial charge is 0.294 e. The summed E-state index contributed by atoms with van der Waals surface area (Å²) >= 11 is 0. The van der Waals surface area contributed by atoms with Crippen LogP contribution in [0.5, 0.6) is 0 Å². The van der Waals surface area contributed by atoms with E-state index in [4.69, 9.17) is 0 Å². The van der Waals surface area contributed by atoms with Crippen LogP contribution in [-0.4, -0.2) is 63.5 Å². The molecule has 3 atom stereocenters. The molecule has 0 spiro atoms. The van der Waals surface area contributed by atoms with Gasteiger partial charge < -0.3 is 0 Å². The van der Waals surface area contributed by atoms with Gasteiger partial charge in [-0.2, -0.15) is 4.31 Å². The minimum absolute atomic E-state index is 0.0360. The SMILES string of the molecule is CC1CCC(C)N1C1CCCN(S(=O)(=O)c2cccc(S(C)(=O)=O)c2)C1. The van der Waals surface area contributed by atoms with Gasteiger partial charge in [0.2, 0.25) is 10.0 Å². The van der Waals surface area contributed by atoms with Gasteiger partial charge >= 0.3 is 0 Å². The molecule has 26 heavy (non-hydrogen) atoms. The molecule has 0 aromatic heterocycles. The molecule has 0 aliphatic carbocycles. The van der Waals surface area contributed by atoms with E-state index < -0.39 is 19.9 Å². The Kier molecular flexibility index (Phi) is 5.50. The van der Waals surface area contributed by atoms with Crippen LogP contribution in [0.1, 0.15) is 39.5 Å². The molecule has 8 heteroatoms. The molecule has 1 aromatic carbocycles. The minimum atomic E-state index is -3.70. The van der Waals surface area contributed by atoms with E-state index in [0.717, 1.165) is 31.9 Å². The fourth-order valence-electron chi connectivity index (χ4n) is 4.33. The first-order valence-electron chi connectivity index (χ1n) is 9.18. The maximum Gasteiger partial charge on any atom is 0.243 e. The second-order valence-electron chi connectivity index (χ2n) is 7.63. The molecular formula is C18H28N2O4S2. The summed E-state index contributed by atoms with van der Waals surface area (Å²) in [6.45, 7) is 5.39. The Balaban J connectivity index is 1.86. The molecule has 2 saturated heterocycles. The Morgan fingerprint density at radius 3 is 2.19 bits per heavy atom. The lowest BCUT2D eigenvalue weighted by molar-refractivity contribution is 0.0979. The zero-order valence-corrected chi connectivity index (χ0v) is 17.3. The topological polar surface area (TPSA) is 74.8 Å². The van der Waals surface area contributed by atoms with Gasteiger partial charge in [-0.15, -0.1) is 0 Å². The van der Waals surface area contributed by atoms with Crippen LogP contribution < -0.4 is 0 Å². The lowest BCUT2D eigenvalue weighted by atomic mass is 10.0. The van der Waals surface area contributed by atoms with Gasteiger partial charge in [-0.05, 0) is 57.7 Å². The Labute approximate surface area is 157 Å². The smallest absolute Gasteiger partial charge is 0.243 e. The van der Waals surface area contributed by atoms with Crippen LogP contribution in [-0.2, 0) is 19.9 Å². The second-order valence-corrected chi connectivity index (χ2v) is 11.6. The van der Waals surface area contributed by atoms with Crippen molar-refractivity contribution in [2.75, 3.05) is 19.3 Å². The van der Waals surface area contributed by atoms with E-state index in [1.54, 1.807) is 0 Å². The number of sulfone groups is 1. The highest BCUT2D eigenvalue weighted by atomic mass is 32.2. The summed E-state index contributed by atoms with van der Waals surface area (Å²) in [6, 6.07) is 6.86. The lowest BCUT2D eigenvalue weighted by Crippen LogP contribution is -2.52. The molecule has 3 rings (SSSR count). The van der Waals surface area contributed by atoms with Crippen LogP contribution in [0.2, 0.25) is 0 Å². The van der Waals surface area contributed by atoms with E-state index in [0.29, 0.717) is 25.2 Å². The van der Waals surface area contributed by atoms with Crippen LogP contribution >= 0.6 is 0 Å². The molecule has 2 aliphatic rings. The molecule has 2 heterocycles. The predicted molar refractivity (Wildman–Crippen MR) is 101 cm³/mol. The van der Waals surface area contributed by atoms with Crippen LogP contribution in [0.4, 0.5) is 0 Å². The van der Waals surface area contributed by atoms with Crippen molar-refractivity contribution in [2.24, 2.45) is 0 Å². The molecular weight excluding hydrogens is 372 g/mol. The van der Waals surface area contributed by atoms with Crippen LogP contribution in [0.15, 0.2) is 34.1 Å². The van der Waals surface area contributed by atoms with Crippen molar-refractivity contribution in [1.29, 1.82) is 0 Å². The number of sulfonamides is 1. The van der Waals surface area contributed by atoms with Crippen molar-refractivity contribution >= 4 is 19.9 Å². The highest BCUT2D eigenvalue weighted by Crippen LogP contribution is 2.31. The fraction of sp³-hybridized carbons (Fsp3) is 0.667. The predicted octanol–water partition coefficient (Wildman–Crippen LogP) is 2.12. The van der Waals surface area contributed by atoms with Gasteiger partial charge in [0.05, 0.1) is 9.79 Å². The molecule has 0 saturated carbocycles. The Bertz CT molecular complexity index is 857. The number of rotatable bonds is 4. The summed E-state index contributed by atoms with van der Waals surface area (Å²) in [5, 5.41) is 0. The van der Waals surface area contributed by atoms with E-state index in [9.17, 15) is 16.8 Å². The third-order valence-electron chi connectivity index (χ3n) is 5.67. The first-order valence-corrected chi connectivity index (χ1v) is 12.5. The molecule has 2 aliphatic heterocycles. The van der Waals surface area contributed by atoms with Crippen molar-refractivity contribution in [1.82, 2.24) is 9.21 Å². The average molecular weight is 401 g/mol. The van der Waals surface area contributed by atoms with Gasteiger partial charge in [0.15, 0.2) is 9.84 Å². The zero-order chi connectivity index (χ0) is 19.1. The fourth-order valence-corrected chi connectivity index (χ4v) is 6.64. The first kappa shape index (κ1) is 19.8. The molecule has 6 nitrogen and oxygen atoms in total. The third-order valence-corrected chi connectivity index (χ3v) is 8.64. The number of nitrogens with zero attached hydrogens (tertiary/aromatic N) is 2. The summed E-state index contributed by atoms with van der Waals surface area (Å²) in [7, 11) is -7.15. The number of likely N-dealkylation sites (tertiary alicyclic amines) is 1. The van der Waals surface area contributed by atoms with E-state index in [1.807, 2.05) is 0 Å². The van der Waals surface area contributed by atoms with Crippen LogP contribution in [0.25, 0.3) is 0 Å². The van der Waals surface area contributed by atoms with Crippen molar-refractivity contribution in [3.05, 3.63) is 24.3 Å². The summed E-state index contributed by atoms with van der Waals surface area (Å²) in [5.41, 5.74) is 0. The zero-order valence-electron chi connectivity index (χ0n) is 15.6. The first-order chi connectivity index (χ1) is 12.1. The van der Waals surface area contributed by atoms with Crippen molar-refractivity contribution < 1.29 is 16.8 Å². The van der Waals surface area contributed by atoms with E-state index in [2.05, 4.69) is 18.7 Å². The van der Waals surface area contributed by atoms with Gasteiger partial charge in [-0.1, -0.05) is 6.07 Å². The van der Waals surface area contributed by atoms with Gasteiger partial charge in [0, 0.05) is 37.5 Å². The number of benzene rings is 1. The van der Waals surface area contributed by atoms with Crippen molar-refractivity contribution in [3.63, 3.8) is 0 Å². The number of hydrogen-bond donors (Lipinski definition) is 0. The number of piperidine rings is 1. The van der Waals surface area contributed by atoms with E-state index >= 15 is 0 Å². The highest BCUT2D eigenvalue weighted by Gasteiger charge is 2.38. The Morgan fingerprint density at radius 1 is 0.962 bits per heavy atom. The number of hydrogen-bond acceptors (Lipinski definition) is 5. The molecule has 1 aromatic rings. The summed E-state index contributed by atoms with van der Waals surface area (Å²) in [4.78, 5) is 2.56. The maximum atomic E-state index is 13.1. The molecule has 0 bridgehead atoms. The summed E-state index contributed by atoms with van der Waals surface area (Å²) < 4.78 is 51.3. The quantitative estimate of drug-likeness (QED) is 0.774. The molecule has 0 N–H and O–H groups in total. The molecule has 3 unspecified atom stereocenters. The lowest BCUT2D eigenvalue weighted by Gasteiger charge is -2.41. The monoisotopic (exact) mass is 400 g/mol. The van der Waals surface area contributed by atoms with E-state index in [-0.39, 0.29) is 15.8 Å². The summed E-state index contributed by atoms with van der Waals surface area (Å²) in [5.74, 6) is 0. The molecule has 0 amide bonds. The Hall–Kier alpha value is -0.960. The van der Waals surface area contributed by atoms with Crippen LogP contribution in [0.3, 0.4) is 0 Å². The molecule has 146 valence electrons. The summed E-state index contributed by atoms with van der Waals surface area (Å²) in [6.07, 6.45) is 5.23. The molecule has 2 fully saturated rings. The van der Waals surface area contributed by atoms with E-state index in [1.165, 1.54) is 28.6 Å². The van der Waals surface area contributed by atoms with Crippen LogP contribution in [0, 0.1) is 0 Å². The van der Waals surface area contributed by atoms with Crippen molar-refractivity contribution in [2.45, 2.75) is 67.4 Å². The highest BCUT2D eigenvalue weighted by molar-refractivity contribution is 7.91. The second kappa shape index (κ2) is 7.22. The molecule has 0 radical (unpaired) electrons. The third kappa shape index (κ3) is 3.83. The standard InChI is InChI=1S/C18H28N2O4S2/c1-14-9-10-15(2)20(14)16-6-5-11-19(13-16)26(23,24)18-8-4-7-17(12-18)25(3,21)22/h4,7-8,12,14-16H,5-6,9-11,13H2,1-3H3. The normalized spacial score (nSPS) is 29.1.